The van der Waals surface area contributed by atoms with Gasteiger partial charge in [-0.2, -0.15) is 0 Å². The van der Waals surface area contributed by atoms with Gasteiger partial charge in [0.25, 0.3) is 0 Å². The Labute approximate surface area is 246 Å². The van der Waals surface area contributed by atoms with Crippen LogP contribution < -0.4 is 5.32 Å². The second-order valence-electron chi connectivity index (χ2n) is 11.1. The smallest absolute Gasteiger partial charge is 0.247 e. The summed E-state index contributed by atoms with van der Waals surface area (Å²) >= 11 is 18.6. The van der Waals surface area contributed by atoms with Gasteiger partial charge in [0.1, 0.15) is 15.8 Å². The van der Waals surface area contributed by atoms with Crippen molar-refractivity contribution in [3.8, 4) is 0 Å². The summed E-state index contributed by atoms with van der Waals surface area (Å²) in [6.07, 6.45) is 0. The Bertz CT molecular complexity index is 1460. The van der Waals surface area contributed by atoms with Crippen LogP contribution in [0.15, 0.2) is 65.1 Å². The molecule has 200 valence electrons. The van der Waals surface area contributed by atoms with Gasteiger partial charge in [0.15, 0.2) is 0 Å². The zero-order valence-electron chi connectivity index (χ0n) is 21.9. The van der Waals surface area contributed by atoms with E-state index in [-0.39, 0.29) is 5.92 Å². The third-order valence-electron chi connectivity index (χ3n) is 8.56. The van der Waals surface area contributed by atoms with E-state index >= 15 is 0 Å². The molecule has 2 bridgehead atoms. The van der Waals surface area contributed by atoms with E-state index in [2.05, 4.69) is 21.2 Å². The molecular formula is C31H27BrCl2N2O3. The molecule has 1 heterocycles. The molecule has 3 aromatic carbocycles. The van der Waals surface area contributed by atoms with Crippen molar-refractivity contribution in [2.75, 3.05) is 5.32 Å². The van der Waals surface area contributed by atoms with Crippen molar-refractivity contribution < 1.29 is 14.4 Å². The Morgan fingerprint density at radius 2 is 1.28 bits per heavy atom. The quantitative estimate of drug-likeness (QED) is 0.262. The molecule has 5 nitrogen and oxygen atoms in total. The van der Waals surface area contributed by atoms with E-state index in [1.807, 2.05) is 88.4 Å². The molecule has 0 aromatic heterocycles. The Morgan fingerprint density at radius 1 is 0.846 bits per heavy atom. The minimum Gasteiger partial charge on any atom is -0.324 e. The van der Waals surface area contributed by atoms with Gasteiger partial charge in [0, 0.05) is 10.2 Å². The van der Waals surface area contributed by atoms with Crippen LogP contribution in [0.4, 0.5) is 5.69 Å². The Morgan fingerprint density at radius 3 is 1.69 bits per heavy atom. The van der Waals surface area contributed by atoms with E-state index < -0.39 is 45.3 Å². The molecule has 0 saturated carbocycles. The number of carbonyl (C=O) groups is 3. The zero-order chi connectivity index (χ0) is 28.0. The van der Waals surface area contributed by atoms with Crippen LogP contribution in [0, 0.1) is 31.6 Å². The summed E-state index contributed by atoms with van der Waals surface area (Å²) in [6, 6.07) is 17.8. The van der Waals surface area contributed by atoms with Crippen molar-refractivity contribution >= 4 is 62.5 Å². The lowest BCUT2D eigenvalue weighted by molar-refractivity contribution is -0.148. The molecule has 7 rings (SSSR count). The van der Waals surface area contributed by atoms with E-state index in [0.717, 1.165) is 42.8 Å². The van der Waals surface area contributed by atoms with E-state index in [9.17, 15) is 14.4 Å². The van der Waals surface area contributed by atoms with E-state index in [1.165, 1.54) is 0 Å². The number of halogens is 3. The number of likely N-dealkylation sites (tertiary alicyclic amines) is 1. The summed E-state index contributed by atoms with van der Waals surface area (Å²) in [5.74, 6) is -3.60. The molecule has 3 amide bonds. The molecule has 4 aliphatic rings. The minimum atomic E-state index is -1.28. The monoisotopic (exact) mass is 624 g/mol. The summed E-state index contributed by atoms with van der Waals surface area (Å²) < 4.78 is 0.932. The number of benzene rings is 3. The molecule has 1 fully saturated rings. The molecule has 8 heteroatoms. The summed E-state index contributed by atoms with van der Waals surface area (Å²) in [6.45, 7) is 7.49. The fourth-order valence-electron chi connectivity index (χ4n) is 6.80. The number of imide groups is 1. The van der Waals surface area contributed by atoms with Gasteiger partial charge in [-0.3, -0.25) is 19.3 Å². The first-order valence-electron chi connectivity index (χ1n) is 13.0. The Balaban J connectivity index is 1.47. The number of hydrogen-bond acceptors (Lipinski definition) is 3. The minimum absolute atomic E-state index is 0.352. The second kappa shape index (κ2) is 8.92. The predicted octanol–water partition coefficient (Wildman–Crippen LogP) is 6.62. The van der Waals surface area contributed by atoms with Crippen molar-refractivity contribution in [1.29, 1.82) is 0 Å². The van der Waals surface area contributed by atoms with Gasteiger partial charge < -0.3 is 5.32 Å². The average Bonchev–Trinajstić information content (AvgIpc) is 3.17. The number of amides is 3. The van der Waals surface area contributed by atoms with Gasteiger partial charge >= 0.3 is 0 Å². The van der Waals surface area contributed by atoms with Gasteiger partial charge in [-0.15, -0.1) is 23.2 Å². The lowest BCUT2D eigenvalue weighted by Crippen LogP contribution is -2.57. The molecule has 0 spiro atoms. The van der Waals surface area contributed by atoms with Crippen molar-refractivity contribution in [2.45, 2.75) is 43.5 Å². The Hall–Kier alpha value is -2.67. The molecule has 0 unspecified atom stereocenters. The summed E-state index contributed by atoms with van der Waals surface area (Å²) in [7, 11) is 0. The first-order chi connectivity index (χ1) is 18.4. The number of rotatable bonds is 4. The van der Waals surface area contributed by atoms with Gasteiger partial charge in [0.05, 0.1) is 11.8 Å². The number of anilines is 1. The van der Waals surface area contributed by atoms with E-state index in [0.29, 0.717) is 5.69 Å². The van der Waals surface area contributed by atoms with Crippen molar-refractivity contribution in [2.24, 2.45) is 17.8 Å². The highest BCUT2D eigenvalue weighted by atomic mass is 79.9. The van der Waals surface area contributed by atoms with E-state index in [4.69, 9.17) is 23.2 Å². The van der Waals surface area contributed by atoms with Crippen LogP contribution in [0.25, 0.3) is 0 Å². The molecule has 3 aromatic rings. The fraction of sp³-hybridized carbons (Fsp3) is 0.323. The standard InChI is InChI=1S/C31H27BrCl2N2O3/c1-15(2)26(27(37)35-23-14-16(3)22(32)13-17(23)4)36-28(38)24-25(29(36)39)31(34)19-10-6-5-9-18(19)30(24,33)20-11-7-8-12-21(20)31/h5-15,24-26H,1-4H3,(H,35,37)/t24-,25-,26+,30?,31?/m1/s1. The molecule has 1 aliphatic heterocycles. The molecule has 1 saturated heterocycles. The van der Waals surface area contributed by atoms with E-state index in [1.54, 1.807) is 0 Å². The number of nitrogens with one attached hydrogen (secondary N) is 1. The number of carbonyl (C=O) groups excluding carboxylic acids is 3. The summed E-state index contributed by atoms with van der Waals surface area (Å²) in [5, 5.41) is 2.98. The first kappa shape index (κ1) is 26.5. The lowest BCUT2D eigenvalue weighted by Gasteiger charge is -2.54. The average molecular weight is 626 g/mol. The SMILES string of the molecule is Cc1cc(NC(=O)[C@H](C(C)C)N2C(=O)[C@H]3[C@H](C2=O)C2(Cl)c4ccccc4C3(Cl)c3ccccc32)c(C)cc1Br. The van der Waals surface area contributed by atoms with Crippen LogP contribution in [0.3, 0.4) is 0 Å². The van der Waals surface area contributed by atoms with Gasteiger partial charge in [-0.05, 0) is 65.3 Å². The molecule has 1 N–H and O–H groups in total. The van der Waals surface area contributed by atoms with Crippen molar-refractivity contribution in [3.63, 3.8) is 0 Å². The maximum Gasteiger partial charge on any atom is 0.247 e. The van der Waals surface area contributed by atoms with Crippen LogP contribution >= 0.6 is 39.1 Å². The number of aryl methyl sites for hydroxylation is 2. The molecule has 3 aliphatic carbocycles. The van der Waals surface area contributed by atoms with Crippen LogP contribution in [0.5, 0.6) is 0 Å². The second-order valence-corrected chi connectivity index (χ2v) is 13.2. The molecular weight excluding hydrogens is 599 g/mol. The third kappa shape index (κ3) is 3.41. The number of alkyl halides is 2. The van der Waals surface area contributed by atoms with Crippen LogP contribution in [-0.4, -0.2) is 28.7 Å². The van der Waals surface area contributed by atoms with Crippen LogP contribution in [0.1, 0.15) is 47.2 Å². The maximum atomic E-state index is 14.4. The zero-order valence-corrected chi connectivity index (χ0v) is 25.0. The predicted molar refractivity (Wildman–Crippen MR) is 156 cm³/mol. The van der Waals surface area contributed by atoms with Gasteiger partial charge in [0.2, 0.25) is 17.7 Å². The van der Waals surface area contributed by atoms with Gasteiger partial charge in [-0.1, -0.05) is 78.3 Å². The summed E-state index contributed by atoms with van der Waals surface area (Å²) in [4.78, 5) is 41.1. The molecule has 0 radical (unpaired) electrons. The maximum absolute atomic E-state index is 14.4. The Kier molecular flexibility index (Phi) is 6.07. The third-order valence-corrected chi connectivity index (χ3v) is 10.7. The lowest BCUT2D eigenvalue weighted by atomic mass is 9.54. The topological polar surface area (TPSA) is 66.5 Å². The number of hydrogen-bond donors (Lipinski definition) is 1. The molecule has 3 atom stereocenters. The van der Waals surface area contributed by atoms with Crippen molar-refractivity contribution in [3.05, 3.63) is 98.5 Å². The fourth-order valence-corrected chi connectivity index (χ4v) is 8.36. The molecule has 39 heavy (non-hydrogen) atoms. The highest BCUT2D eigenvalue weighted by Crippen LogP contribution is 2.69. The summed E-state index contributed by atoms with van der Waals surface area (Å²) in [5.41, 5.74) is 5.38. The van der Waals surface area contributed by atoms with Crippen molar-refractivity contribution in [1.82, 2.24) is 4.90 Å². The normalized spacial score (nSPS) is 27.3. The largest absolute Gasteiger partial charge is 0.324 e. The van der Waals surface area contributed by atoms with Gasteiger partial charge in [-0.25, -0.2) is 0 Å². The van der Waals surface area contributed by atoms with Crippen LogP contribution in [0.2, 0.25) is 0 Å². The highest BCUT2D eigenvalue weighted by molar-refractivity contribution is 9.10. The van der Waals surface area contributed by atoms with Crippen LogP contribution in [-0.2, 0) is 24.1 Å². The number of nitrogens with zero attached hydrogens (tertiary/aromatic N) is 1. The first-order valence-corrected chi connectivity index (χ1v) is 14.5. The highest BCUT2D eigenvalue weighted by Gasteiger charge is 2.73.